The number of fused-ring (bicyclic) bond motifs is 1. The highest BCUT2D eigenvalue weighted by molar-refractivity contribution is 9.09. The molecule has 2 aromatic carbocycles. The monoisotopic (exact) mass is 741 g/mol. The molecule has 8 atom stereocenters. The van der Waals surface area contributed by atoms with Crippen molar-refractivity contribution in [3.63, 3.8) is 0 Å². The molecule has 0 radical (unpaired) electrons. The van der Waals surface area contributed by atoms with Gasteiger partial charge in [-0.05, 0) is 43.9 Å². The van der Waals surface area contributed by atoms with Crippen molar-refractivity contribution in [1.82, 2.24) is 10.2 Å². The number of allylic oxidation sites excluding steroid dienone is 1. The zero-order chi connectivity index (χ0) is 34.6. The van der Waals surface area contributed by atoms with Gasteiger partial charge in [-0.3, -0.25) is 19.2 Å². The minimum atomic E-state index is -1.40. The normalized spacial score (nSPS) is 26.8. The number of carbonyl (C=O) groups excluding carboxylic acids is 4. The van der Waals surface area contributed by atoms with E-state index >= 15 is 0 Å². The van der Waals surface area contributed by atoms with Crippen molar-refractivity contribution in [2.75, 3.05) is 24.6 Å². The van der Waals surface area contributed by atoms with Gasteiger partial charge in [0.1, 0.15) is 17.7 Å². The highest BCUT2D eigenvalue weighted by Crippen LogP contribution is 2.61. The van der Waals surface area contributed by atoms with Crippen LogP contribution in [0.2, 0.25) is 5.02 Å². The molecule has 3 aliphatic rings. The van der Waals surface area contributed by atoms with Gasteiger partial charge in [-0.25, -0.2) is 0 Å². The summed E-state index contributed by atoms with van der Waals surface area (Å²) in [6.07, 6.45) is 3.12. The molecule has 10 nitrogen and oxygen atoms in total. The number of rotatable bonds is 15. The number of aliphatic hydroxyl groups excluding tert-OH is 1. The van der Waals surface area contributed by atoms with E-state index in [0.717, 1.165) is 5.56 Å². The SMILES string of the molecule is C=CCCC(=O)NC[C@@H](C)OC(=O)[C@@H]1[C@H]2O[C@@]3(CC2Br)[C@H](C(=O)N(CC=C)c2ccccc2Cl)N([C@@H](CO)Cc2ccccc2)C(=O)[C@@H]13. The number of nitrogens with one attached hydrogen (secondary N) is 1. The first-order chi connectivity index (χ1) is 23.1. The first-order valence-corrected chi connectivity index (χ1v) is 17.4. The number of ether oxygens (including phenoxy) is 2. The van der Waals surface area contributed by atoms with Crippen LogP contribution in [0.25, 0.3) is 0 Å². The molecule has 1 unspecified atom stereocenters. The number of benzene rings is 2. The lowest BCUT2D eigenvalue weighted by molar-refractivity contribution is -0.159. The highest BCUT2D eigenvalue weighted by Gasteiger charge is 2.77. The molecule has 3 aliphatic heterocycles. The van der Waals surface area contributed by atoms with Gasteiger partial charge >= 0.3 is 5.97 Å². The Kier molecular flexibility index (Phi) is 11.5. The first-order valence-electron chi connectivity index (χ1n) is 16.1. The second kappa shape index (κ2) is 15.4. The molecule has 0 saturated carbocycles. The molecule has 256 valence electrons. The van der Waals surface area contributed by atoms with Gasteiger partial charge in [0, 0.05) is 17.8 Å². The lowest BCUT2D eigenvalue weighted by Gasteiger charge is -2.39. The number of amides is 3. The van der Waals surface area contributed by atoms with Crippen molar-refractivity contribution in [2.24, 2.45) is 11.8 Å². The van der Waals surface area contributed by atoms with Crippen molar-refractivity contribution in [3.8, 4) is 0 Å². The number of aliphatic hydroxyl groups is 1. The summed E-state index contributed by atoms with van der Waals surface area (Å²) >= 11 is 10.3. The van der Waals surface area contributed by atoms with Gasteiger partial charge in [-0.1, -0.05) is 82.1 Å². The number of esters is 1. The van der Waals surface area contributed by atoms with Crippen molar-refractivity contribution in [3.05, 3.63) is 90.5 Å². The van der Waals surface area contributed by atoms with Gasteiger partial charge in [0.25, 0.3) is 5.91 Å². The van der Waals surface area contributed by atoms with Crippen LogP contribution in [0.3, 0.4) is 0 Å². The Balaban J connectivity index is 1.52. The maximum Gasteiger partial charge on any atom is 0.312 e. The van der Waals surface area contributed by atoms with E-state index in [-0.39, 0.29) is 43.1 Å². The molecule has 3 amide bonds. The van der Waals surface area contributed by atoms with E-state index in [1.54, 1.807) is 43.3 Å². The molecule has 3 heterocycles. The standard InChI is InChI=1S/C36H41BrClN3O7/c1-4-6-16-28(43)39-20-22(3)47-35(46)29-30-33(44)41(24(21-42)18-23-12-8-7-9-13-23)32(36(30)19-25(37)31(29)48-36)34(45)40(17-5-2)27-15-11-10-14-26(27)38/h4-5,7-15,22,24-25,29-32,42H,1-2,6,16-21H2,3H3,(H,39,43)/t22-,24-,25?,29+,30-,31+,32+,36-/m1/s1. The van der Waals surface area contributed by atoms with Gasteiger partial charge in [-0.15, -0.1) is 13.2 Å². The van der Waals surface area contributed by atoms with Crippen LogP contribution < -0.4 is 10.2 Å². The summed E-state index contributed by atoms with van der Waals surface area (Å²) in [5.74, 6) is -3.85. The Hall–Kier alpha value is -3.51. The van der Waals surface area contributed by atoms with Crippen molar-refractivity contribution >= 4 is 56.9 Å². The topological polar surface area (TPSA) is 125 Å². The van der Waals surface area contributed by atoms with E-state index in [4.69, 9.17) is 21.1 Å². The van der Waals surface area contributed by atoms with E-state index in [1.165, 1.54) is 9.80 Å². The molecule has 3 saturated heterocycles. The molecular weight excluding hydrogens is 702 g/mol. The minimum Gasteiger partial charge on any atom is -0.460 e. The molecule has 1 spiro atoms. The number of alkyl halides is 1. The summed E-state index contributed by atoms with van der Waals surface area (Å²) < 4.78 is 12.5. The van der Waals surface area contributed by atoms with Crippen LogP contribution in [-0.2, 0) is 35.1 Å². The predicted octanol–water partition coefficient (Wildman–Crippen LogP) is 4.22. The third kappa shape index (κ3) is 6.83. The summed E-state index contributed by atoms with van der Waals surface area (Å²) in [4.78, 5) is 58.2. The summed E-state index contributed by atoms with van der Waals surface area (Å²) in [6.45, 7) is 8.88. The summed E-state index contributed by atoms with van der Waals surface area (Å²) in [6, 6.07) is 14.3. The molecule has 2 N–H and O–H groups in total. The Morgan fingerprint density at radius 2 is 1.90 bits per heavy atom. The Morgan fingerprint density at radius 1 is 1.19 bits per heavy atom. The van der Waals surface area contributed by atoms with E-state index in [1.807, 2.05) is 30.3 Å². The zero-order valence-corrected chi connectivity index (χ0v) is 29.1. The predicted molar refractivity (Wildman–Crippen MR) is 186 cm³/mol. The fourth-order valence-corrected chi connectivity index (χ4v) is 8.48. The molecule has 3 fully saturated rings. The van der Waals surface area contributed by atoms with E-state index < -0.39 is 66.1 Å². The van der Waals surface area contributed by atoms with Gasteiger partial charge in [0.05, 0.1) is 47.8 Å². The van der Waals surface area contributed by atoms with E-state index in [0.29, 0.717) is 17.1 Å². The minimum absolute atomic E-state index is 0.0900. The maximum atomic E-state index is 14.9. The van der Waals surface area contributed by atoms with Crippen LogP contribution in [0, 0.1) is 11.8 Å². The first kappa shape index (κ1) is 35.8. The third-order valence-electron chi connectivity index (χ3n) is 9.35. The van der Waals surface area contributed by atoms with Gasteiger partial charge < -0.3 is 29.7 Å². The molecule has 5 rings (SSSR count). The molecule has 2 bridgehead atoms. The van der Waals surface area contributed by atoms with Crippen molar-refractivity contribution in [1.29, 1.82) is 0 Å². The fourth-order valence-electron chi connectivity index (χ4n) is 7.30. The van der Waals surface area contributed by atoms with Crippen LogP contribution in [-0.4, -0.2) is 88.1 Å². The zero-order valence-electron chi connectivity index (χ0n) is 26.8. The maximum absolute atomic E-state index is 14.9. The summed E-state index contributed by atoms with van der Waals surface area (Å²) in [7, 11) is 0. The molecule has 2 aromatic rings. The number of hydrogen-bond acceptors (Lipinski definition) is 7. The number of carbonyl (C=O) groups is 4. The van der Waals surface area contributed by atoms with Crippen LogP contribution in [0.15, 0.2) is 79.9 Å². The van der Waals surface area contributed by atoms with E-state index in [9.17, 15) is 24.3 Å². The van der Waals surface area contributed by atoms with Gasteiger partial charge in [0.15, 0.2) is 0 Å². The van der Waals surface area contributed by atoms with E-state index in [2.05, 4.69) is 34.4 Å². The Bertz CT molecular complexity index is 1540. The number of anilines is 1. The highest BCUT2D eigenvalue weighted by atomic mass is 79.9. The number of hydrogen-bond donors (Lipinski definition) is 2. The average Bonchev–Trinajstić information content (AvgIpc) is 3.68. The molecule has 12 heteroatoms. The number of nitrogens with zero attached hydrogens (tertiary/aromatic N) is 2. The summed E-state index contributed by atoms with van der Waals surface area (Å²) in [5, 5.41) is 13.9. The van der Waals surface area contributed by atoms with Crippen LogP contribution in [0.1, 0.15) is 31.7 Å². The second-order valence-electron chi connectivity index (χ2n) is 12.5. The summed E-state index contributed by atoms with van der Waals surface area (Å²) in [5.41, 5.74) is -0.102. The van der Waals surface area contributed by atoms with Gasteiger partial charge in [0.2, 0.25) is 11.8 Å². The Labute approximate surface area is 294 Å². The Morgan fingerprint density at radius 3 is 2.56 bits per heavy atom. The second-order valence-corrected chi connectivity index (χ2v) is 14.1. The van der Waals surface area contributed by atoms with Crippen molar-refractivity contribution < 1.29 is 33.8 Å². The quantitative estimate of drug-likeness (QED) is 0.159. The number of para-hydroxylation sites is 1. The third-order valence-corrected chi connectivity index (χ3v) is 10.5. The largest absolute Gasteiger partial charge is 0.460 e. The lowest BCUT2D eigenvalue weighted by atomic mass is 9.70. The van der Waals surface area contributed by atoms with Gasteiger partial charge in [-0.2, -0.15) is 0 Å². The number of likely N-dealkylation sites (tertiary alicyclic amines) is 1. The smallest absolute Gasteiger partial charge is 0.312 e. The van der Waals surface area contributed by atoms with Crippen LogP contribution in [0.5, 0.6) is 0 Å². The molecule has 48 heavy (non-hydrogen) atoms. The average molecular weight is 743 g/mol. The molecule has 0 aromatic heterocycles. The van der Waals surface area contributed by atoms with Crippen molar-refractivity contribution in [2.45, 2.75) is 67.3 Å². The fraction of sp³-hybridized carbons (Fsp3) is 0.444. The molecule has 0 aliphatic carbocycles. The van der Waals surface area contributed by atoms with Crippen LogP contribution >= 0.6 is 27.5 Å². The lowest BCUT2D eigenvalue weighted by Crippen LogP contribution is -2.59. The molecular formula is C36H41BrClN3O7. The van der Waals surface area contributed by atoms with Crippen LogP contribution in [0.4, 0.5) is 5.69 Å². The number of halogens is 2.